The number of benzene rings is 1. The molecular weight excluding hydrogens is 323 g/mol. The van der Waals surface area contributed by atoms with Gasteiger partial charge in [0.25, 0.3) is 0 Å². The molecule has 0 aliphatic rings. The van der Waals surface area contributed by atoms with Crippen LogP contribution in [0.1, 0.15) is 30.4 Å². The van der Waals surface area contributed by atoms with Gasteiger partial charge in [-0.25, -0.2) is 9.37 Å². The number of hydrogen-bond acceptors (Lipinski definition) is 4. The molecule has 0 saturated carbocycles. The number of ether oxygens (including phenoxy) is 2. The maximum Gasteiger partial charge on any atom is 0.220 e. The van der Waals surface area contributed by atoms with E-state index in [0.29, 0.717) is 31.2 Å². The van der Waals surface area contributed by atoms with E-state index in [1.54, 1.807) is 37.6 Å². The SMILES string of the molecule is COCCOc1ccc(CNC(=O)C[C@@H](C)c2ccccc2F)cn1. The maximum absolute atomic E-state index is 13.7. The van der Waals surface area contributed by atoms with E-state index >= 15 is 0 Å². The molecule has 1 N–H and O–H groups in total. The Morgan fingerprint density at radius 3 is 2.72 bits per heavy atom. The molecule has 0 bridgehead atoms. The van der Waals surface area contributed by atoms with Crippen LogP contribution in [0.5, 0.6) is 5.88 Å². The molecule has 0 aliphatic carbocycles. The summed E-state index contributed by atoms with van der Waals surface area (Å²) in [5, 5.41) is 2.83. The van der Waals surface area contributed by atoms with Crippen molar-refractivity contribution in [1.82, 2.24) is 10.3 Å². The van der Waals surface area contributed by atoms with Gasteiger partial charge in [0.2, 0.25) is 11.8 Å². The van der Waals surface area contributed by atoms with Crippen LogP contribution in [-0.4, -0.2) is 31.2 Å². The molecule has 0 unspecified atom stereocenters. The van der Waals surface area contributed by atoms with Crippen molar-refractivity contribution in [1.29, 1.82) is 0 Å². The van der Waals surface area contributed by atoms with Crippen LogP contribution in [0.15, 0.2) is 42.6 Å². The van der Waals surface area contributed by atoms with Gasteiger partial charge in [0.05, 0.1) is 6.61 Å². The number of amides is 1. The van der Waals surface area contributed by atoms with E-state index in [4.69, 9.17) is 9.47 Å². The number of rotatable bonds is 9. The zero-order valence-corrected chi connectivity index (χ0v) is 14.5. The molecule has 0 fully saturated rings. The summed E-state index contributed by atoms with van der Waals surface area (Å²) in [6, 6.07) is 10.1. The Hall–Kier alpha value is -2.47. The van der Waals surface area contributed by atoms with Crippen molar-refractivity contribution in [2.75, 3.05) is 20.3 Å². The molecule has 1 aromatic heterocycles. The normalized spacial score (nSPS) is 11.8. The molecule has 25 heavy (non-hydrogen) atoms. The first-order valence-corrected chi connectivity index (χ1v) is 8.18. The minimum Gasteiger partial charge on any atom is -0.475 e. The summed E-state index contributed by atoms with van der Waals surface area (Å²) in [5.74, 6) is -0.0802. The highest BCUT2D eigenvalue weighted by Gasteiger charge is 2.14. The number of carbonyl (C=O) groups is 1. The van der Waals surface area contributed by atoms with Crippen molar-refractivity contribution in [3.8, 4) is 5.88 Å². The number of carbonyl (C=O) groups excluding carboxylic acids is 1. The number of hydrogen-bond donors (Lipinski definition) is 1. The van der Waals surface area contributed by atoms with Gasteiger partial charge in [-0.05, 0) is 23.1 Å². The quantitative estimate of drug-likeness (QED) is 0.709. The van der Waals surface area contributed by atoms with Gasteiger partial charge in [-0.3, -0.25) is 4.79 Å². The van der Waals surface area contributed by atoms with Crippen molar-refractivity contribution in [3.05, 3.63) is 59.5 Å². The van der Waals surface area contributed by atoms with Crippen LogP contribution in [0.3, 0.4) is 0 Å². The monoisotopic (exact) mass is 346 g/mol. The summed E-state index contributed by atoms with van der Waals surface area (Å²) in [4.78, 5) is 16.2. The summed E-state index contributed by atoms with van der Waals surface area (Å²) < 4.78 is 24.0. The molecule has 5 nitrogen and oxygen atoms in total. The molecule has 6 heteroatoms. The van der Waals surface area contributed by atoms with E-state index in [-0.39, 0.29) is 24.1 Å². The van der Waals surface area contributed by atoms with Gasteiger partial charge >= 0.3 is 0 Å². The van der Waals surface area contributed by atoms with Crippen molar-refractivity contribution >= 4 is 5.91 Å². The Bertz CT molecular complexity index is 677. The molecule has 1 amide bonds. The third-order valence-corrected chi connectivity index (χ3v) is 3.75. The molecule has 1 aromatic carbocycles. The fourth-order valence-electron chi connectivity index (χ4n) is 2.37. The minimum atomic E-state index is -0.281. The number of methoxy groups -OCH3 is 1. The van der Waals surface area contributed by atoms with E-state index < -0.39 is 0 Å². The second-order valence-corrected chi connectivity index (χ2v) is 5.75. The lowest BCUT2D eigenvalue weighted by Crippen LogP contribution is -2.24. The minimum absolute atomic E-state index is 0.129. The van der Waals surface area contributed by atoms with E-state index in [0.717, 1.165) is 5.56 Å². The Morgan fingerprint density at radius 1 is 1.24 bits per heavy atom. The highest BCUT2D eigenvalue weighted by atomic mass is 19.1. The molecule has 134 valence electrons. The van der Waals surface area contributed by atoms with Crippen LogP contribution in [0.4, 0.5) is 4.39 Å². The van der Waals surface area contributed by atoms with Crippen molar-refractivity contribution < 1.29 is 18.7 Å². The predicted octanol–water partition coefficient (Wildman–Crippen LogP) is 3.06. The zero-order valence-electron chi connectivity index (χ0n) is 14.5. The number of nitrogens with zero attached hydrogens (tertiary/aromatic N) is 1. The van der Waals surface area contributed by atoms with Crippen LogP contribution in [0.2, 0.25) is 0 Å². The fraction of sp³-hybridized carbons (Fsp3) is 0.368. The Morgan fingerprint density at radius 2 is 2.04 bits per heavy atom. The van der Waals surface area contributed by atoms with Gasteiger partial charge in [-0.2, -0.15) is 0 Å². The van der Waals surface area contributed by atoms with Gasteiger partial charge in [0.15, 0.2) is 0 Å². The largest absolute Gasteiger partial charge is 0.475 e. The van der Waals surface area contributed by atoms with Crippen LogP contribution >= 0.6 is 0 Å². The predicted molar refractivity (Wildman–Crippen MR) is 92.9 cm³/mol. The van der Waals surface area contributed by atoms with Gasteiger partial charge in [0, 0.05) is 32.3 Å². The molecule has 1 atom stereocenters. The lowest BCUT2D eigenvalue weighted by Gasteiger charge is -2.13. The topological polar surface area (TPSA) is 60.5 Å². The van der Waals surface area contributed by atoms with E-state index in [1.165, 1.54) is 6.07 Å². The summed E-state index contributed by atoms with van der Waals surface area (Å²) >= 11 is 0. The lowest BCUT2D eigenvalue weighted by molar-refractivity contribution is -0.121. The smallest absolute Gasteiger partial charge is 0.220 e. The second kappa shape index (κ2) is 9.74. The first-order chi connectivity index (χ1) is 12.1. The average Bonchev–Trinajstić information content (AvgIpc) is 2.61. The standard InChI is InChI=1S/C19H23FN2O3/c1-14(16-5-3-4-6-17(16)20)11-18(23)21-12-15-7-8-19(22-13-15)25-10-9-24-2/h3-8,13-14H,9-12H2,1-2H3,(H,21,23)/t14-/m1/s1. The molecule has 2 aromatic rings. The highest BCUT2D eigenvalue weighted by Crippen LogP contribution is 2.21. The molecule has 0 saturated heterocycles. The lowest BCUT2D eigenvalue weighted by atomic mass is 9.97. The average molecular weight is 346 g/mol. The van der Waals surface area contributed by atoms with Crippen molar-refractivity contribution in [2.24, 2.45) is 0 Å². The van der Waals surface area contributed by atoms with Gasteiger partial charge in [0.1, 0.15) is 12.4 Å². The van der Waals surface area contributed by atoms with E-state index in [9.17, 15) is 9.18 Å². The van der Waals surface area contributed by atoms with Crippen LogP contribution in [-0.2, 0) is 16.1 Å². The zero-order chi connectivity index (χ0) is 18.1. The summed E-state index contributed by atoms with van der Waals surface area (Å²) in [7, 11) is 1.61. The third-order valence-electron chi connectivity index (χ3n) is 3.75. The van der Waals surface area contributed by atoms with Gasteiger partial charge < -0.3 is 14.8 Å². The number of pyridine rings is 1. The van der Waals surface area contributed by atoms with Crippen molar-refractivity contribution in [2.45, 2.75) is 25.8 Å². The molecule has 2 rings (SSSR count). The van der Waals surface area contributed by atoms with Crippen LogP contribution < -0.4 is 10.1 Å². The second-order valence-electron chi connectivity index (χ2n) is 5.75. The first kappa shape index (κ1) is 18.9. The number of halogens is 1. The van der Waals surface area contributed by atoms with E-state index in [1.807, 2.05) is 13.0 Å². The van der Waals surface area contributed by atoms with Gasteiger partial charge in [-0.15, -0.1) is 0 Å². The molecule has 0 radical (unpaired) electrons. The highest BCUT2D eigenvalue weighted by molar-refractivity contribution is 5.76. The fourth-order valence-corrected chi connectivity index (χ4v) is 2.37. The van der Waals surface area contributed by atoms with Crippen molar-refractivity contribution in [3.63, 3.8) is 0 Å². The molecule has 0 spiro atoms. The van der Waals surface area contributed by atoms with Crippen LogP contribution in [0, 0.1) is 5.82 Å². The molecular formula is C19H23FN2O3. The third kappa shape index (κ3) is 6.15. The van der Waals surface area contributed by atoms with E-state index in [2.05, 4.69) is 10.3 Å². The maximum atomic E-state index is 13.7. The number of nitrogens with one attached hydrogen (secondary N) is 1. The van der Waals surface area contributed by atoms with Crippen LogP contribution in [0.25, 0.3) is 0 Å². The Labute approximate surface area is 147 Å². The molecule has 0 aliphatic heterocycles. The number of aromatic nitrogens is 1. The Balaban J connectivity index is 1.78. The summed E-state index contributed by atoms with van der Waals surface area (Å²) in [5.41, 5.74) is 1.42. The Kier molecular flexibility index (Phi) is 7.35. The molecule has 1 heterocycles. The summed E-state index contributed by atoms with van der Waals surface area (Å²) in [6.07, 6.45) is 1.88. The summed E-state index contributed by atoms with van der Waals surface area (Å²) in [6.45, 7) is 3.15. The first-order valence-electron chi connectivity index (χ1n) is 8.18. The van der Waals surface area contributed by atoms with Gasteiger partial charge in [-0.1, -0.05) is 31.2 Å².